The Bertz CT molecular complexity index is 1650. The number of benzene rings is 2. The average molecular weight is 562 g/mol. The SMILES string of the molecule is Cc1ccccc1NC(=O)CSc1nnc2c3c4c(sc3nc(SCc3ccccc3)n12)COC(C)(C)C4. The minimum atomic E-state index is -0.246. The Labute approximate surface area is 233 Å². The molecule has 0 spiro atoms. The molecular formula is C28H27N5O2S3. The highest BCUT2D eigenvalue weighted by molar-refractivity contribution is 8.00. The molecule has 5 aromatic rings. The highest BCUT2D eigenvalue weighted by Gasteiger charge is 2.31. The number of thiophene rings is 1. The van der Waals surface area contributed by atoms with Gasteiger partial charge < -0.3 is 10.1 Å². The van der Waals surface area contributed by atoms with Gasteiger partial charge in [0, 0.05) is 22.7 Å². The third kappa shape index (κ3) is 5.05. The summed E-state index contributed by atoms with van der Waals surface area (Å²) in [6, 6.07) is 18.1. The maximum Gasteiger partial charge on any atom is 0.234 e. The molecule has 1 aliphatic rings. The van der Waals surface area contributed by atoms with Crippen LogP contribution < -0.4 is 5.32 Å². The van der Waals surface area contributed by atoms with Gasteiger partial charge in [-0.3, -0.25) is 4.79 Å². The first-order chi connectivity index (χ1) is 18.4. The summed E-state index contributed by atoms with van der Waals surface area (Å²) >= 11 is 4.71. The van der Waals surface area contributed by atoms with Gasteiger partial charge in [-0.1, -0.05) is 72.1 Å². The van der Waals surface area contributed by atoms with Crippen LogP contribution in [0.2, 0.25) is 0 Å². The molecule has 0 radical (unpaired) electrons. The molecule has 0 saturated carbocycles. The monoisotopic (exact) mass is 561 g/mol. The molecule has 1 N–H and O–H groups in total. The number of thioether (sulfide) groups is 2. The molecule has 2 aromatic carbocycles. The molecule has 38 heavy (non-hydrogen) atoms. The lowest BCUT2D eigenvalue weighted by molar-refractivity contribution is -0.113. The number of carbonyl (C=O) groups excluding carboxylic acids is 1. The summed E-state index contributed by atoms with van der Waals surface area (Å²) in [4.78, 5) is 20.1. The van der Waals surface area contributed by atoms with Crippen LogP contribution >= 0.6 is 34.9 Å². The fraction of sp³-hybridized carbons (Fsp3) is 0.286. The number of para-hydroxylation sites is 1. The zero-order chi connectivity index (χ0) is 26.3. The first-order valence-corrected chi connectivity index (χ1v) is 15.1. The smallest absolute Gasteiger partial charge is 0.234 e. The number of amides is 1. The Kier molecular flexibility index (Phi) is 6.90. The molecule has 4 heterocycles. The molecule has 3 aromatic heterocycles. The van der Waals surface area contributed by atoms with Gasteiger partial charge in [-0.15, -0.1) is 21.5 Å². The van der Waals surface area contributed by atoms with Crippen LogP contribution in [0.4, 0.5) is 5.69 Å². The van der Waals surface area contributed by atoms with Crippen LogP contribution in [-0.2, 0) is 28.3 Å². The summed E-state index contributed by atoms with van der Waals surface area (Å²) in [7, 11) is 0. The van der Waals surface area contributed by atoms with Gasteiger partial charge in [-0.05, 0) is 43.5 Å². The predicted molar refractivity (Wildman–Crippen MR) is 155 cm³/mol. The molecule has 0 saturated heterocycles. The van der Waals surface area contributed by atoms with E-state index >= 15 is 0 Å². The summed E-state index contributed by atoms with van der Waals surface area (Å²) in [5, 5.41) is 14.7. The number of nitrogens with one attached hydrogen (secondary N) is 1. The van der Waals surface area contributed by atoms with Gasteiger partial charge in [0.1, 0.15) is 4.83 Å². The van der Waals surface area contributed by atoms with Crippen molar-refractivity contribution < 1.29 is 9.53 Å². The summed E-state index contributed by atoms with van der Waals surface area (Å²) in [6.45, 7) is 6.80. The van der Waals surface area contributed by atoms with E-state index in [4.69, 9.17) is 9.72 Å². The molecular weight excluding hydrogens is 535 g/mol. The fourth-order valence-electron chi connectivity index (χ4n) is 4.53. The molecule has 10 heteroatoms. The number of anilines is 1. The number of fused-ring (bicyclic) bond motifs is 5. The molecule has 1 amide bonds. The van der Waals surface area contributed by atoms with Crippen LogP contribution in [0.3, 0.4) is 0 Å². The lowest BCUT2D eigenvalue weighted by Crippen LogP contribution is -2.31. The molecule has 0 fully saturated rings. The zero-order valence-corrected chi connectivity index (χ0v) is 23.8. The van der Waals surface area contributed by atoms with Crippen molar-refractivity contribution in [2.75, 3.05) is 11.1 Å². The summed E-state index contributed by atoms with van der Waals surface area (Å²) in [5.41, 5.74) is 4.86. The van der Waals surface area contributed by atoms with Crippen LogP contribution in [0.15, 0.2) is 64.9 Å². The Morgan fingerprint density at radius 2 is 1.87 bits per heavy atom. The Hall–Kier alpha value is -2.92. The average Bonchev–Trinajstić information content (AvgIpc) is 3.48. The van der Waals surface area contributed by atoms with E-state index in [1.165, 1.54) is 27.8 Å². The van der Waals surface area contributed by atoms with Gasteiger partial charge >= 0.3 is 0 Å². The molecule has 7 nitrogen and oxygen atoms in total. The van der Waals surface area contributed by atoms with Gasteiger partial charge in [0.15, 0.2) is 16.0 Å². The van der Waals surface area contributed by atoms with E-state index in [0.29, 0.717) is 11.8 Å². The van der Waals surface area contributed by atoms with E-state index in [9.17, 15) is 4.79 Å². The van der Waals surface area contributed by atoms with Gasteiger partial charge in [-0.2, -0.15) is 0 Å². The third-order valence-electron chi connectivity index (χ3n) is 6.48. The van der Waals surface area contributed by atoms with Crippen LogP contribution in [-0.4, -0.2) is 36.8 Å². The number of hydrogen-bond acceptors (Lipinski definition) is 8. The van der Waals surface area contributed by atoms with E-state index < -0.39 is 0 Å². The van der Waals surface area contributed by atoms with E-state index in [2.05, 4.69) is 41.5 Å². The third-order valence-corrected chi connectivity index (χ3v) is 9.51. The highest BCUT2D eigenvalue weighted by Crippen LogP contribution is 2.41. The van der Waals surface area contributed by atoms with Gasteiger partial charge in [0.25, 0.3) is 0 Å². The van der Waals surface area contributed by atoms with Crippen molar-refractivity contribution in [3.8, 4) is 0 Å². The molecule has 1 aliphatic heterocycles. The second-order valence-corrected chi connectivity index (χ2v) is 12.8. The van der Waals surface area contributed by atoms with Crippen LogP contribution in [0.1, 0.15) is 35.4 Å². The minimum Gasteiger partial charge on any atom is -0.370 e. The first-order valence-electron chi connectivity index (χ1n) is 12.4. The number of rotatable bonds is 7. The van der Waals surface area contributed by atoms with Crippen molar-refractivity contribution in [1.29, 1.82) is 0 Å². The van der Waals surface area contributed by atoms with Crippen molar-refractivity contribution in [2.24, 2.45) is 0 Å². The minimum absolute atomic E-state index is 0.0830. The standard InChI is InChI=1S/C28H27N5O2S3/c1-17-9-7-8-12-20(17)29-22(34)16-37-27-32-31-24-23-19-13-28(2,3)35-14-21(19)38-25(23)30-26(33(24)27)36-15-18-10-5-4-6-11-18/h4-12H,13-16H2,1-3H3,(H,29,34). The fourth-order valence-corrected chi connectivity index (χ4v) is 7.42. The zero-order valence-electron chi connectivity index (χ0n) is 21.4. The normalized spacial score (nSPS) is 14.6. The maximum absolute atomic E-state index is 12.8. The largest absolute Gasteiger partial charge is 0.370 e. The van der Waals surface area contributed by atoms with Crippen LogP contribution in [0.5, 0.6) is 0 Å². The van der Waals surface area contributed by atoms with E-state index in [0.717, 1.165) is 44.4 Å². The van der Waals surface area contributed by atoms with Gasteiger partial charge in [0.05, 0.1) is 23.3 Å². The van der Waals surface area contributed by atoms with Crippen LogP contribution in [0, 0.1) is 6.92 Å². The highest BCUT2D eigenvalue weighted by atomic mass is 32.2. The first kappa shape index (κ1) is 25.4. The lowest BCUT2D eigenvalue weighted by atomic mass is 9.94. The lowest BCUT2D eigenvalue weighted by Gasteiger charge is -2.30. The summed E-state index contributed by atoms with van der Waals surface area (Å²) in [5.74, 6) is 0.907. The van der Waals surface area contributed by atoms with Gasteiger partial charge in [-0.25, -0.2) is 9.38 Å². The molecule has 194 valence electrons. The number of ether oxygens (including phenoxy) is 1. The molecule has 0 unspecified atom stereocenters. The molecule has 0 atom stereocenters. The molecule has 0 aliphatic carbocycles. The number of nitrogens with zero attached hydrogens (tertiary/aromatic N) is 4. The van der Waals surface area contributed by atoms with Gasteiger partial charge in [0.2, 0.25) is 5.91 Å². The van der Waals surface area contributed by atoms with Crippen molar-refractivity contribution in [2.45, 2.75) is 55.5 Å². The molecule has 6 rings (SSSR count). The number of aryl methyl sites for hydroxylation is 1. The van der Waals surface area contributed by atoms with Crippen molar-refractivity contribution in [3.63, 3.8) is 0 Å². The Morgan fingerprint density at radius 3 is 2.68 bits per heavy atom. The van der Waals surface area contributed by atoms with E-state index in [1.54, 1.807) is 23.1 Å². The number of hydrogen-bond donors (Lipinski definition) is 1. The van der Waals surface area contributed by atoms with Crippen molar-refractivity contribution in [1.82, 2.24) is 19.6 Å². The Balaban J connectivity index is 1.36. The Morgan fingerprint density at radius 1 is 1.08 bits per heavy atom. The topological polar surface area (TPSA) is 81.4 Å². The maximum atomic E-state index is 12.8. The van der Waals surface area contributed by atoms with Crippen LogP contribution in [0.25, 0.3) is 15.9 Å². The predicted octanol–water partition coefficient (Wildman–Crippen LogP) is 6.52. The number of carbonyl (C=O) groups is 1. The van der Waals surface area contributed by atoms with Crippen molar-refractivity contribution >= 4 is 62.3 Å². The quantitative estimate of drug-likeness (QED) is 0.179. The van der Waals surface area contributed by atoms with E-state index in [-0.39, 0.29) is 17.3 Å². The second kappa shape index (κ2) is 10.3. The van der Waals surface area contributed by atoms with E-state index in [1.807, 2.05) is 53.8 Å². The summed E-state index contributed by atoms with van der Waals surface area (Å²) in [6.07, 6.45) is 0.796. The number of aromatic nitrogens is 4. The summed E-state index contributed by atoms with van der Waals surface area (Å²) < 4.78 is 8.11. The van der Waals surface area contributed by atoms with Crippen molar-refractivity contribution in [3.05, 3.63) is 76.2 Å². The molecule has 0 bridgehead atoms. The second-order valence-electron chi connectivity index (χ2n) is 9.87.